The van der Waals surface area contributed by atoms with Crippen molar-refractivity contribution in [2.45, 2.75) is 19.4 Å². The van der Waals surface area contributed by atoms with E-state index >= 15 is 0 Å². The number of hydrogen-bond acceptors (Lipinski definition) is 5. The van der Waals surface area contributed by atoms with Gasteiger partial charge in [-0.1, -0.05) is 48.0 Å². The van der Waals surface area contributed by atoms with Gasteiger partial charge in [-0.25, -0.2) is 5.01 Å². The lowest BCUT2D eigenvalue weighted by Crippen LogP contribution is -2.49. The van der Waals surface area contributed by atoms with Crippen LogP contribution in [0.4, 0.5) is 5.69 Å². The summed E-state index contributed by atoms with van der Waals surface area (Å²) in [6.07, 6.45) is 2.31. The van der Waals surface area contributed by atoms with Crippen molar-refractivity contribution in [3.8, 4) is 0 Å². The number of carbonyl (C=O) groups is 1. The summed E-state index contributed by atoms with van der Waals surface area (Å²) < 4.78 is 5.67. The molecule has 0 N–H and O–H groups in total. The second-order valence-corrected chi connectivity index (χ2v) is 8.49. The smallest absolute Gasteiger partial charge is 0.257 e. The standard InChI is InChI=1S/C26H28N4O2/c1-20-9-11-21(12-10-20)23-18-24(25-8-5-17-32-25)30(27-23)26(31)19-28-13-15-29(16-14-28)22-6-3-2-4-7-22/h2-12,17,24H,13-16,18-19H2,1H3. The first-order valence-electron chi connectivity index (χ1n) is 11.2. The first-order valence-corrected chi connectivity index (χ1v) is 11.2. The summed E-state index contributed by atoms with van der Waals surface area (Å²) in [6, 6.07) is 22.4. The van der Waals surface area contributed by atoms with Crippen molar-refractivity contribution in [2.24, 2.45) is 5.10 Å². The summed E-state index contributed by atoms with van der Waals surface area (Å²) in [6.45, 7) is 5.97. The van der Waals surface area contributed by atoms with Gasteiger partial charge in [0.15, 0.2) is 0 Å². The highest BCUT2D eigenvalue weighted by Gasteiger charge is 2.35. The Morgan fingerprint density at radius 1 is 0.969 bits per heavy atom. The normalized spacial score (nSPS) is 19.3. The average Bonchev–Trinajstić information content (AvgIpc) is 3.51. The Kier molecular flexibility index (Phi) is 5.77. The van der Waals surface area contributed by atoms with Crippen LogP contribution in [0.3, 0.4) is 0 Å². The number of piperazine rings is 1. The Balaban J connectivity index is 1.28. The van der Waals surface area contributed by atoms with Gasteiger partial charge in [-0.05, 0) is 36.8 Å². The number of carbonyl (C=O) groups excluding carboxylic acids is 1. The molecule has 1 saturated heterocycles. The molecule has 0 radical (unpaired) electrons. The highest BCUT2D eigenvalue weighted by atomic mass is 16.3. The molecular formula is C26H28N4O2. The van der Waals surface area contributed by atoms with Gasteiger partial charge in [0.1, 0.15) is 11.8 Å². The Morgan fingerprint density at radius 3 is 2.41 bits per heavy atom. The lowest BCUT2D eigenvalue weighted by Gasteiger charge is -2.36. The van der Waals surface area contributed by atoms with Gasteiger partial charge in [0.05, 0.1) is 18.5 Å². The maximum Gasteiger partial charge on any atom is 0.257 e. The number of hydrazone groups is 1. The van der Waals surface area contributed by atoms with Crippen LogP contribution in [0.5, 0.6) is 0 Å². The van der Waals surface area contributed by atoms with E-state index in [0.717, 1.165) is 43.2 Å². The number of hydrogen-bond donors (Lipinski definition) is 0. The van der Waals surface area contributed by atoms with Crippen molar-refractivity contribution < 1.29 is 9.21 Å². The van der Waals surface area contributed by atoms with Crippen molar-refractivity contribution in [3.63, 3.8) is 0 Å². The van der Waals surface area contributed by atoms with Crippen LogP contribution in [-0.2, 0) is 4.79 Å². The molecule has 3 aromatic rings. The summed E-state index contributed by atoms with van der Waals surface area (Å²) >= 11 is 0. The summed E-state index contributed by atoms with van der Waals surface area (Å²) in [5.41, 5.74) is 4.42. The molecule has 6 heteroatoms. The number of furan rings is 1. The number of amides is 1. The van der Waals surface area contributed by atoms with Gasteiger partial charge in [0.25, 0.3) is 5.91 Å². The molecule has 2 aliphatic heterocycles. The molecule has 0 saturated carbocycles. The van der Waals surface area contributed by atoms with E-state index in [0.29, 0.717) is 13.0 Å². The largest absolute Gasteiger partial charge is 0.467 e. The number of aryl methyl sites for hydroxylation is 1. The van der Waals surface area contributed by atoms with Gasteiger partial charge in [-0.15, -0.1) is 0 Å². The fourth-order valence-corrected chi connectivity index (χ4v) is 4.43. The van der Waals surface area contributed by atoms with Gasteiger partial charge >= 0.3 is 0 Å². The van der Waals surface area contributed by atoms with Crippen LogP contribution < -0.4 is 4.90 Å². The Morgan fingerprint density at radius 2 is 1.72 bits per heavy atom. The second-order valence-electron chi connectivity index (χ2n) is 8.49. The molecule has 1 fully saturated rings. The van der Waals surface area contributed by atoms with Gasteiger partial charge in [0, 0.05) is 38.3 Å². The zero-order valence-corrected chi connectivity index (χ0v) is 18.4. The molecule has 5 rings (SSSR count). The predicted octanol–water partition coefficient (Wildman–Crippen LogP) is 4.09. The molecule has 1 amide bonds. The summed E-state index contributed by atoms with van der Waals surface area (Å²) in [7, 11) is 0. The highest BCUT2D eigenvalue weighted by molar-refractivity contribution is 6.03. The van der Waals surface area contributed by atoms with Crippen molar-refractivity contribution in [2.75, 3.05) is 37.6 Å². The van der Waals surface area contributed by atoms with Crippen LogP contribution in [0.25, 0.3) is 0 Å². The molecule has 6 nitrogen and oxygen atoms in total. The van der Waals surface area contributed by atoms with Crippen molar-refractivity contribution in [1.82, 2.24) is 9.91 Å². The molecule has 32 heavy (non-hydrogen) atoms. The number of nitrogens with zero attached hydrogens (tertiary/aromatic N) is 4. The van der Waals surface area contributed by atoms with E-state index in [9.17, 15) is 4.79 Å². The number of rotatable bonds is 5. The zero-order valence-electron chi connectivity index (χ0n) is 18.4. The minimum Gasteiger partial charge on any atom is -0.467 e. The van der Waals surface area contributed by atoms with E-state index in [1.807, 2.05) is 18.2 Å². The number of benzene rings is 2. The third-order valence-corrected chi connectivity index (χ3v) is 6.27. The zero-order chi connectivity index (χ0) is 21.9. The van der Waals surface area contributed by atoms with Gasteiger partial charge < -0.3 is 9.32 Å². The minimum atomic E-state index is -0.195. The topological polar surface area (TPSA) is 52.3 Å². The molecule has 0 aliphatic carbocycles. The number of para-hydroxylation sites is 1. The average molecular weight is 429 g/mol. The molecule has 2 aliphatic rings. The molecule has 1 aromatic heterocycles. The molecular weight excluding hydrogens is 400 g/mol. The first kappa shape index (κ1) is 20.5. The van der Waals surface area contributed by atoms with Crippen LogP contribution in [0, 0.1) is 6.92 Å². The third kappa shape index (κ3) is 4.32. The lowest BCUT2D eigenvalue weighted by atomic mass is 10.0. The predicted molar refractivity (Wildman–Crippen MR) is 126 cm³/mol. The third-order valence-electron chi connectivity index (χ3n) is 6.27. The monoisotopic (exact) mass is 428 g/mol. The Labute approximate surface area is 188 Å². The van der Waals surface area contributed by atoms with E-state index in [4.69, 9.17) is 9.52 Å². The van der Waals surface area contributed by atoms with E-state index in [1.54, 1.807) is 11.3 Å². The van der Waals surface area contributed by atoms with Crippen molar-refractivity contribution >= 4 is 17.3 Å². The van der Waals surface area contributed by atoms with E-state index < -0.39 is 0 Å². The van der Waals surface area contributed by atoms with E-state index in [1.165, 1.54) is 11.3 Å². The van der Waals surface area contributed by atoms with Crippen LogP contribution in [-0.4, -0.2) is 54.3 Å². The first-order chi connectivity index (χ1) is 15.7. The quantitative estimate of drug-likeness (QED) is 0.614. The molecule has 164 valence electrons. The SMILES string of the molecule is Cc1ccc(C2=NN(C(=O)CN3CCN(c4ccccc4)CC3)C(c3ccco3)C2)cc1. The summed E-state index contributed by atoms with van der Waals surface area (Å²) in [4.78, 5) is 17.9. The second kappa shape index (κ2) is 9.01. The fourth-order valence-electron chi connectivity index (χ4n) is 4.43. The molecule has 1 atom stereocenters. The maximum absolute atomic E-state index is 13.3. The minimum absolute atomic E-state index is 0.0154. The summed E-state index contributed by atoms with van der Waals surface area (Å²) in [5.74, 6) is 0.791. The Bertz CT molecular complexity index is 1070. The fraction of sp³-hybridized carbons (Fsp3) is 0.308. The maximum atomic E-state index is 13.3. The molecule has 3 heterocycles. The van der Waals surface area contributed by atoms with Crippen LogP contribution in [0.2, 0.25) is 0 Å². The lowest BCUT2D eigenvalue weighted by molar-refractivity contribution is -0.134. The van der Waals surface area contributed by atoms with Crippen LogP contribution in [0.1, 0.15) is 29.3 Å². The number of anilines is 1. The van der Waals surface area contributed by atoms with Crippen molar-refractivity contribution in [1.29, 1.82) is 0 Å². The highest BCUT2D eigenvalue weighted by Crippen LogP contribution is 2.33. The van der Waals surface area contributed by atoms with Crippen LogP contribution in [0.15, 0.2) is 82.5 Å². The molecule has 1 unspecified atom stereocenters. The van der Waals surface area contributed by atoms with Crippen LogP contribution >= 0.6 is 0 Å². The summed E-state index contributed by atoms with van der Waals surface area (Å²) in [5, 5.41) is 6.39. The van der Waals surface area contributed by atoms with E-state index in [2.05, 4.69) is 65.3 Å². The molecule has 0 bridgehead atoms. The van der Waals surface area contributed by atoms with E-state index in [-0.39, 0.29) is 11.9 Å². The van der Waals surface area contributed by atoms with Gasteiger partial charge in [-0.2, -0.15) is 5.10 Å². The Hall–Kier alpha value is -3.38. The molecule has 0 spiro atoms. The molecule has 2 aromatic carbocycles. The van der Waals surface area contributed by atoms with Gasteiger partial charge in [0.2, 0.25) is 0 Å². The van der Waals surface area contributed by atoms with Gasteiger partial charge in [-0.3, -0.25) is 9.69 Å². The van der Waals surface area contributed by atoms with Crippen molar-refractivity contribution in [3.05, 3.63) is 89.9 Å².